The lowest BCUT2D eigenvalue weighted by Gasteiger charge is -2.35. The molecule has 2 fully saturated rings. The van der Waals surface area contributed by atoms with Gasteiger partial charge in [0.25, 0.3) is 0 Å². The molecule has 1 aliphatic heterocycles. The molecular formula is C14H26ClNO2. The fourth-order valence-electron chi connectivity index (χ4n) is 3.30. The Hall–Kier alpha value is -0.280. The average molecular weight is 276 g/mol. The molecule has 0 bridgehead atoms. The molecule has 0 amide bonds. The van der Waals surface area contributed by atoms with Crippen LogP contribution < -0.4 is 5.32 Å². The molecule has 18 heavy (non-hydrogen) atoms. The lowest BCUT2D eigenvalue weighted by Crippen LogP contribution is -2.41. The number of esters is 1. The SMILES string of the molecule is CCOC(=O)C1CCC([C@@H]2CCCCN2)CC1.Cl. The number of carbonyl (C=O) groups is 1. The fraction of sp³-hybridized carbons (Fsp3) is 0.929. The van der Waals surface area contributed by atoms with E-state index in [-0.39, 0.29) is 24.3 Å². The van der Waals surface area contributed by atoms with Crippen LogP contribution in [-0.4, -0.2) is 25.2 Å². The van der Waals surface area contributed by atoms with E-state index in [9.17, 15) is 4.79 Å². The van der Waals surface area contributed by atoms with Gasteiger partial charge in [0, 0.05) is 6.04 Å². The standard InChI is InChI=1S/C14H25NO2.ClH/c1-2-17-14(16)12-8-6-11(7-9-12)13-5-3-4-10-15-13;/h11-13,15H,2-10H2,1H3;1H/t11?,12?,13-;/m0./s1. The molecule has 0 radical (unpaired) electrons. The van der Waals surface area contributed by atoms with Crippen molar-refractivity contribution in [2.45, 2.75) is 57.9 Å². The quantitative estimate of drug-likeness (QED) is 0.805. The highest BCUT2D eigenvalue weighted by Gasteiger charge is 2.31. The normalized spacial score (nSPS) is 32.4. The number of ether oxygens (including phenoxy) is 1. The third-order valence-electron chi connectivity index (χ3n) is 4.31. The lowest BCUT2D eigenvalue weighted by molar-refractivity contribution is -0.149. The molecule has 0 aromatic rings. The first-order valence-electron chi connectivity index (χ1n) is 7.21. The lowest BCUT2D eigenvalue weighted by atomic mass is 9.76. The van der Waals surface area contributed by atoms with Gasteiger partial charge in [-0.05, 0) is 57.9 Å². The molecule has 1 aliphatic carbocycles. The van der Waals surface area contributed by atoms with Crippen molar-refractivity contribution in [3.05, 3.63) is 0 Å². The van der Waals surface area contributed by atoms with Gasteiger partial charge in [-0.15, -0.1) is 12.4 Å². The number of carbonyl (C=O) groups excluding carboxylic acids is 1. The third-order valence-corrected chi connectivity index (χ3v) is 4.31. The van der Waals surface area contributed by atoms with Crippen molar-refractivity contribution in [1.82, 2.24) is 5.32 Å². The van der Waals surface area contributed by atoms with E-state index >= 15 is 0 Å². The number of hydrogen-bond donors (Lipinski definition) is 1. The zero-order valence-corrected chi connectivity index (χ0v) is 12.1. The van der Waals surface area contributed by atoms with Crippen LogP contribution >= 0.6 is 12.4 Å². The Kier molecular flexibility index (Phi) is 7.02. The molecule has 0 spiro atoms. The topological polar surface area (TPSA) is 38.3 Å². The van der Waals surface area contributed by atoms with E-state index in [0.717, 1.165) is 18.8 Å². The van der Waals surface area contributed by atoms with Crippen LogP contribution in [0.5, 0.6) is 0 Å². The van der Waals surface area contributed by atoms with E-state index in [1.165, 1.54) is 38.6 Å². The molecule has 3 nitrogen and oxygen atoms in total. The highest BCUT2D eigenvalue weighted by atomic mass is 35.5. The molecule has 1 saturated carbocycles. The first-order valence-corrected chi connectivity index (χ1v) is 7.21. The molecule has 0 unspecified atom stereocenters. The van der Waals surface area contributed by atoms with Crippen LogP contribution in [0.15, 0.2) is 0 Å². The van der Waals surface area contributed by atoms with Gasteiger partial charge in [0.1, 0.15) is 0 Å². The maximum absolute atomic E-state index is 11.6. The minimum absolute atomic E-state index is 0. The molecule has 1 atom stereocenters. The number of hydrogen-bond acceptors (Lipinski definition) is 3. The number of nitrogens with one attached hydrogen (secondary N) is 1. The Bertz CT molecular complexity index is 246. The highest BCUT2D eigenvalue weighted by Crippen LogP contribution is 2.33. The van der Waals surface area contributed by atoms with Crippen LogP contribution in [0.25, 0.3) is 0 Å². The van der Waals surface area contributed by atoms with E-state index in [0.29, 0.717) is 12.6 Å². The number of rotatable bonds is 3. The van der Waals surface area contributed by atoms with Crippen LogP contribution in [0.2, 0.25) is 0 Å². The summed E-state index contributed by atoms with van der Waals surface area (Å²) in [6, 6.07) is 0.715. The second-order valence-corrected chi connectivity index (χ2v) is 5.42. The van der Waals surface area contributed by atoms with Gasteiger partial charge in [-0.25, -0.2) is 0 Å². The number of piperidine rings is 1. The van der Waals surface area contributed by atoms with Crippen LogP contribution in [-0.2, 0) is 9.53 Å². The van der Waals surface area contributed by atoms with E-state index in [1.54, 1.807) is 0 Å². The van der Waals surface area contributed by atoms with Gasteiger partial charge in [-0.2, -0.15) is 0 Å². The second-order valence-electron chi connectivity index (χ2n) is 5.42. The number of halogens is 1. The van der Waals surface area contributed by atoms with Crippen molar-refractivity contribution in [2.24, 2.45) is 11.8 Å². The maximum Gasteiger partial charge on any atom is 0.308 e. The molecule has 1 heterocycles. The monoisotopic (exact) mass is 275 g/mol. The van der Waals surface area contributed by atoms with Gasteiger partial charge in [-0.1, -0.05) is 6.42 Å². The summed E-state index contributed by atoms with van der Waals surface area (Å²) in [6.07, 6.45) is 8.48. The zero-order chi connectivity index (χ0) is 12.1. The van der Waals surface area contributed by atoms with Crippen molar-refractivity contribution < 1.29 is 9.53 Å². The van der Waals surface area contributed by atoms with Gasteiger partial charge in [0.05, 0.1) is 12.5 Å². The fourth-order valence-corrected chi connectivity index (χ4v) is 3.30. The van der Waals surface area contributed by atoms with Crippen molar-refractivity contribution in [1.29, 1.82) is 0 Å². The first kappa shape index (κ1) is 15.8. The van der Waals surface area contributed by atoms with Gasteiger partial charge >= 0.3 is 5.97 Å². The molecule has 4 heteroatoms. The molecule has 106 valence electrons. The van der Waals surface area contributed by atoms with E-state index in [1.807, 2.05) is 6.92 Å². The molecule has 2 aliphatic rings. The van der Waals surface area contributed by atoms with Crippen molar-refractivity contribution >= 4 is 18.4 Å². The predicted molar refractivity (Wildman–Crippen MR) is 75.0 cm³/mol. The maximum atomic E-state index is 11.6. The summed E-state index contributed by atoms with van der Waals surface area (Å²) in [5.41, 5.74) is 0. The summed E-state index contributed by atoms with van der Waals surface area (Å²) in [5, 5.41) is 3.64. The summed E-state index contributed by atoms with van der Waals surface area (Å²) in [5.74, 6) is 0.998. The minimum Gasteiger partial charge on any atom is -0.466 e. The van der Waals surface area contributed by atoms with E-state index < -0.39 is 0 Å². The molecule has 0 aromatic carbocycles. The second kappa shape index (κ2) is 8.00. The molecule has 0 aromatic heterocycles. The summed E-state index contributed by atoms with van der Waals surface area (Å²) in [4.78, 5) is 11.6. The molecule has 2 rings (SSSR count). The Morgan fingerprint density at radius 2 is 1.89 bits per heavy atom. The van der Waals surface area contributed by atoms with E-state index in [2.05, 4.69) is 5.32 Å². The van der Waals surface area contributed by atoms with Gasteiger partial charge < -0.3 is 10.1 Å². The van der Waals surface area contributed by atoms with Crippen LogP contribution in [0, 0.1) is 11.8 Å². The van der Waals surface area contributed by atoms with Crippen molar-refractivity contribution in [3.63, 3.8) is 0 Å². The summed E-state index contributed by atoms with van der Waals surface area (Å²) < 4.78 is 5.11. The smallest absolute Gasteiger partial charge is 0.308 e. The molecule has 1 N–H and O–H groups in total. The largest absolute Gasteiger partial charge is 0.466 e. The highest BCUT2D eigenvalue weighted by molar-refractivity contribution is 5.85. The summed E-state index contributed by atoms with van der Waals surface area (Å²) in [7, 11) is 0. The Morgan fingerprint density at radius 3 is 2.44 bits per heavy atom. The summed E-state index contributed by atoms with van der Waals surface area (Å²) >= 11 is 0. The first-order chi connectivity index (χ1) is 8.31. The van der Waals surface area contributed by atoms with Crippen LogP contribution in [0.1, 0.15) is 51.9 Å². The molecule has 1 saturated heterocycles. The Morgan fingerprint density at radius 1 is 1.17 bits per heavy atom. The van der Waals surface area contributed by atoms with Crippen LogP contribution in [0.4, 0.5) is 0 Å². The van der Waals surface area contributed by atoms with Gasteiger partial charge in [0.2, 0.25) is 0 Å². The predicted octanol–water partition coefficient (Wildman–Crippen LogP) is 2.92. The van der Waals surface area contributed by atoms with Crippen LogP contribution in [0.3, 0.4) is 0 Å². The van der Waals surface area contributed by atoms with E-state index in [4.69, 9.17) is 4.74 Å². The minimum atomic E-state index is 0. The van der Waals surface area contributed by atoms with Crippen molar-refractivity contribution in [3.8, 4) is 0 Å². The Balaban J connectivity index is 0.00000162. The Labute approximate surface area is 116 Å². The third kappa shape index (κ3) is 4.13. The van der Waals surface area contributed by atoms with Gasteiger partial charge in [-0.3, -0.25) is 4.79 Å². The summed E-state index contributed by atoms with van der Waals surface area (Å²) in [6.45, 7) is 3.58. The zero-order valence-electron chi connectivity index (χ0n) is 11.3. The average Bonchev–Trinajstić information content (AvgIpc) is 2.40. The van der Waals surface area contributed by atoms with Gasteiger partial charge in [0.15, 0.2) is 0 Å². The van der Waals surface area contributed by atoms with Crippen molar-refractivity contribution in [2.75, 3.05) is 13.2 Å². The molecular weight excluding hydrogens is 250 g/mol.